The number of hydrogen-bond donors (Lipinski definition) is 0. The van der Waals surface area contributed by atoms with Gasteiger partial charge in [-0.05, 0) is 86.6 Å². The van der Waals surface area contributed by atoms with Crippen LogP contribution in [0, 0.1) is 18.8 Å². The molecule has 1 amide bonds. The highest BCUT2D eigenvalue weighted by Crippen LogP contribution is 2.39. The van der Waals surface area contributed by atoms with Gasteiger partial charge < -0.3 is 14.2 Å². The van der Waals surface area contributed by atoms with Crippen LogP contribution in [0.3, 0.4) is 0 Å². The van der Waals surface area contributed by atoms with E-state index in [-0.39, 0.29) is 5.92 Å². The SMILES string of the molecule is COc1ccc(C2CCC(CN(C(=O)C3CCCCC3)c3cccc(-c4cn(C)cn4)c3)CC2)cc1C. The van der Waals surface area contributed by atoms with Crippen LogP contribution < -0.4 is 9.64 Å². The van der Waals surface area contributed by atoms with Crippen molar-refractivity contribution in [2.75, 3.05) is 18.6 Å². The molecule has 2 fully saturated rings. The smallest absolute Gasteiger partial charge is 0.230 e. The zero-order valence-electron chi connectivity index (χ0n) is 22.7. The Morgan fingerprint density at radius 3 is 2.49 bits per heavy atom. The Morgan fingerprint density at radius 1 is 1.03 bits per heavy atom. The molecule has 2 aliphatic rings. The van der Waals surface area contributed by atoms with Crippen molar-refractivity contribution in [2.45, 2.75) is 70.6 Å². The van der Waals surface area contributed by atoms with Gasteiger partial charge in [0.2, 0.25) is 5.91 Å². The molecular weight excluding hydrogens is 458 g/mol. The fraction of sp³-hybridized carbons (Fsp3) is 0.500. The number of methoxy groups -OCH3 is 1. The predicted molar refractivity (Wildman–Crippen MR) is 150 cm³/mol. The predicted octanol–water partition coefficient (Wildman–Crippen LogP) is 7.29. The number of amides is 1. The minimum atomic E-state index is 0.158. The number of benzene rings is 2. The molecule has 5 rings (SSSR count). The fourth-order valence-electron chi connectivity index (χ4n) is 6.38. The molecule has 196 valence electrons. The highest BCUT2D eigenvalue weighted by atomic mass is 16.5. The van der Waals surface area contributed by atoms with Crippen molar-refractivity contribution in [3.05, 3.63) is 66.1 Å². The average Bonchev–Trinajstić information content (AvgIpc) is 3.38. The van der Waals surface area contributed by atoms with E-state index in [2.05, 4.69) is 59.3 Å². The Balaban J connectivity index is 1.32. The second-order valence-corrected chi connectivity index (χ2v) is 11.2. The van der Waals surface area contributed by atoms with E-state index in [9.17, 15) is 4.79 Å². The van der Waals surface area contributed by atoms with Gasteiger partial charge in [0.15, 0.2) is 0 Å². The lowest BCUT2D eigenvalue weighted by molar-refractivity contribution is -0.123. The monoisotopic (exact) mass is 499 g/mol. The van der Waals surface area contributed by atoms with Crippen molar-refractivity contribution < 1.29 is 9.53 Å². The molecule has 0 spiro atoms. The van der Waals surface area contributed by atoms with Crippen molar-refractivity contribution >= 4 is 11.6 Å². The van der Waals surface area contributed by atoms with Crippen LogP contribution >= 0.6 is 0 Å². The number of hydrogen-bond acceptors (Lipinski definition) is 3. The zero-order valence-corrected chi connectivity index (χ0v) is 22.7. The average molecular weight is 500 g/mol. The standard InChI is InChI=1S/C32H41N3O2/c1-23-18-27(16-17-31(23)37-3)25-14-12-24(13-15-25)20-35(32(36)26-8-5-4-6-9-26)29-11-7-10-28(19-29)30-21-34(2)22-33-30/h7,10-11,16-19,21-22,24-26H,4-6,8-9,12-15,20H2,1-3H3. The Labute approximate surface area is 221 Å². The maximum absolute atomic E-state index is 13.9. The third-order valence-electron chi connectivity index (χ3n) is 8.56. The van der Waals surface area contributed by atoms with E-state index >= 15 is 0 Å². The summed E-state index contributed by atoms with van der Waals surface area (Å²) in [7, 11) is 3.72. The Bertz CT molecular complexity index is 1200. The van der Waals surface area contributed by atoms with E-state index in [1.807, 2.05) is 24.1 Å². The molecule has 3 aromatic rings. The highest BCUT2D eigenvalue weighted by molar-refractivity contribution is 5.95. The molecule has 2 saturated carbocycles. The van der Waals surface area contributed by atoms with Crippen molar-refractivity contribution in [3.8, 4) is 17.0 Å². The molecule has 1 aromatic heterocycles. The van der Waals surface area contributed by atoms with Gasteiger partial charge in [0.05, 0.1) is 19.1 Å². The second kappa shape index (κ2) is 11.5. The van der Waals surface area contributed by atoms with E-state index in [0.29, 0.717) is 17.7 Å². The number of carbonyl (C=O) groups is 1. The summed E-state index contributed by atoms with van der Waals surface area (Å²) in [4.78, 5) is 20.6. The van der Waals surface area contributed by atoms with E-state index < -0.39 is 0 Å². The van der Waals surface area contributed by atoms with Crippen LogP contribution in [-0.2, 0) is 11.8 Å². The molecule has 0 aliphatic heterocycles. The lowest BCUT2D eigenvalue weighted by atomic mass is 9.78. The third-order valence-corrected chi connectivity index (χ3v) is 8.56. The van der Waals surface area contributed by atoms with Crippen LogP contribution in [0.2, 0.25) is 0 Å². The molecule has 0 bridgehead atoms. The number of imidazole rings is 1. The number of nitrogens with zero attached hydrogens (tertiary/aromatic N) is 3. The van der Waals surface area contributed by atoms with Crippen LogP contribution in [0.1, 0.15) is 74.8 Å². The van der Waals surface area contributed by atoms with Gasteiger partial charge in [-0.2, -0.15) is 0 Å². The number of carbonyl (C=O) groups excluding carboxylic acids is 1. The van der Waals surface area contributed by atoms with E-state index in [4.69, 9.17) is 4.74 Å². The molecule has 0 saturated heterocycles. The van der Waals surface area contributed by atoms with Crippen LogP contribution in [-0.4, -0.2) is 29.1 Å². The van der Waals surface area contributed by atoms with Gasteiger partial charge in [0.25, 0.3) is 0 Å². The minimum absolute atomic E-state index is 0.158. The topological polar surface area (TPSA) is 47.4 Å². The van der Waals surface area contributed by atoms with Crippen LogP contribution in [0.25, 0.3) is 11.3 Å². The van der Waals surface area contributed by atoms with E-state index in [1.54, 1.807) is 7.11 Å². The van der Waals surface area contributed by atoms with Gasteiger partial charge in [0, 0.05) is 37.0 Å². The number of aromatic nitrogens is 2. The molecular formula is C32H41N3O2. The molecule has 0 unspecified atom stereocenters. The summed E-state index contributed by atoms with van der Waals surface area (Å²) >= 11 is 0. The largest absolute Gasteiger partial charge is 0.496 e. The molecule has 5 heteroatoms. The highest BCUT2D eigenvalue weighted by Gasteiger charge is 2.31. The number of ether oxygens (including phenoxy) is 1. The first-order valence-electron chi connectivity index (χ1n) is 14.1. The van der Waals surface area contributed by atoms with Crippen molar-refractivity contribution in [3.63, 3.8) is 0 Å². The van der Waals surface area contributed by atoms with E-state index in [1.165, 1.54) is 43.2 Å². The summed E-state index contributed by atoms with van der Waals surface area (Å²) in [5.74, 6) is 2.57. The van der Waals surface area contributed by atoms with Gasteiger partial charge in [-0.1, -0.05) is 43.5 Å². The summed E-state index contributed by atoms with van der Waals surface area (Å²) in [6.45, 7) is 2.94. The van der Waals surface area contributed by atoms with Crippen molar-refractivity contribution in [2.24, 2.45) is 18.9 Å². The first kappa shape index (κ1) is 25.6. The Kier molecular flexibility index (Phi) is 7.97. The molecule has 5 nitrogen and oxygen atoms in total. The first-order chi connectivity index (χ1) is 18.0. The van der Waals surface area contributed by atoms with Gasteiger partial charge in [-0.3, -0.25) is 4.79 Å². The minimum Gasteiger partial charge on any atom is -0.496 e. The van der Waals surface area contributed by atoms with Crippen molar-refractivity contribution in [1.29, 1.82) is 0 Å². The number of anilines is 1. The summed E-state index contributed by atoms with van der Waals surface area (Å²) in [6.07, 6.45) is 14.2. The lowest BCUT2D eigenvalue weighted by Crippen LogP contribution is -2.41. The van der Waals surface area contributed by atoms with Crippen LogP contribution in [0.5, 0.6) is 5.75 Å². The van der Waals surface area contributed by atoms with Crippen LogP contribution in [0.15, 0.2) is 55.0 Å². The number of rotatable bonds is 7. The van der Waals surface area contributed by atoms with Gasteiger partial charge in [-0.25, -0.2) is 4.98 Å². The van der Waals surface area contributed by atoms with Gasteiger partial charge >= 0.3 is 0 Å². The first-order valence-corrected chi connectivity index (χ1v) is 14.1. The fourth-order valence-corrected chi connectivity index (χ4v) is 6.38. The molecule has 2 aromatic carbocycles. The maximum Gasteiger partial charge on any atom is 0.230 e. The lowest BCUT2D eigenvalue weighted by Gasteiger charge is -2.35. The summed E-state index contributed by atoms with van der Waals surface area (Å²) in [5, 5.41) is 0. The van der Waals surface area contributed by atoms with Gasteiger partial charge in [0.1, 0.15) is 5.75 Å². The molecule has 0 atom stereocenters. The molecule has 2 aliphatic carbocycles. The number of aryl methyl sites for hydroxylation is 2. The second-order valence-electron chi connectivity index (χ2n) is 11.2. The quantitative estimate of drug-likeness (QED) is 0.343. The van der Waals surface area contributed by atoms with Crippen LogP contribution in [0.4, 0.5) is 5.69 Å². The summed E-state index contributed by atoms with van der Waals surface area (Å²) in [6, 6.07) is 15.1. The molecule has 1 heterocycles. The van der Waals surface area contributed by atoms with Gasteiger partial charge in [-0.15, -0.1) is 0 Å². The zero-order chi connectivity index (χ0) is 25.8. The summed E-state index contributed by atoms with van der Waals surface area (Å²) in [5.41, 5.74) is 5.67. The third kappa shape index (κ3) is 5.92. The van der Waals surface area contributed by atoms with Crippen molar-refractivity contribution in [1.82, 2.24) is 9.55 Å². The maximum atomic E-state index is 13.9. The normalized spacial score (nSPS) is 20.5. The molecule has 37 heavy (non-hydrogen) atoms. The summed E-state index contributed by atoms with van der Waals surface area (Å²) < 4.78 is 7.43. The van der Waals surface area contributed by atoms with E-state index in [0.717, 1.165) is 54.9 Å². The molecule has 0 N–H and O–H groups in total. The molecule has 0 radical (unpaired) electrons. The Hall–Kier alpha value is -3.08. The Morgan fingerprint density at radius 2 is 1.81 bits per heavy atom.